The highest BCUT2D eigenvalue weighted by atomic mass is 35.5. The van der Waals surface area contributed by atoms with Crippen LogP contribution >= 0.6 is 24.0 Å². The fourth-order valence-electron chi connectivity index (χ4n) is 2.41. The third kappa shape index (κ3) is 5.49. The summed E-state index contributed by atoms with van der Waals surface area (Å²) in [5.41, 5.74) is 5.03. The molecule has 24 heavy (non-hydrogen) atoms. The molecule has 0 bridgehead atoms. The Bertz CT molecular complexity index is 685. The van der Waals surface area contributed by atoms with E-state index in [-0.39, 0.29) is 40.0 Å². The van der Waals surface area contributed by atoms with E-state index < -0.39 is 22.5 Å². The lowest BCUT2D eigenvalue weighted by Crippen LogP contribution is -2.48. The average Bonchev–Trinajstić information content (AvgIpc) is 2.48. The van der Waals surface area contributed by atoms with Crippen LogP contribution in [0, 0.1) is 5.92 Å². The molecule has 7 nitrogen and oxygen atoms in total. The lowest BCUT2D eigenvalue weighted by molar-refractivity contribution is -0.120. The van der Waals surface area contributed by atoms with Crippen molar-refractivity contribution in [2.45, 2.75) is 24.3 Å². The number of hydrogen-bond acceptors (Lipinski definition) is 5. The van der Waals surface area contributed by atoms with Crippen LogP contribution in [0.1, 0.15) is 13.3 Å². The Morgan fingerprint density at radius 1 is 1.50 bits per heavy atom. The summed E-state index contributed by atoms with van der Waals surface area (Å²) in [5.74, 6) is -0.488. The fraction of sp³-hybridized carbons (Fsp3) is 0.500. The Hall–Kier alpha value is -1.06. The molecule has 1 heterocycles. The summed E-state index contributed by atoms with van der Waals surface area (Å²) in [6.45, 7) is 3.06. The maximum Gasteiger partial charge on any atom is 0.255 e. The number of ether oxygens (including phenoxy) is 1. The minimum atomic E-state index is -3.83. The van der Waals surface area contributed by atoms with E-state index in [0.717, 1.165) is 13.1 Å². The molecule has 0 spiro atoms. The van der Waals surface area contributed by atoms with E-state index in [1.807, 2.05) is 6.92 Å². The van der Waals surface area contributed by atoms with E-state index >= 15 is 0 Å². The first-order valence-electron chi connectivity index (χ1n) is 7.23. The molecular weight excluding hydrogens is 377 g/mol. The second kappa shape index (κ2) is 8.87. The Kier molecular flexibility index (Phi) is 7.75. The molecule has 1 aliphatic heterocycles. The molecule has 2 atom stereocenters. The van der Waals surface area contributed by atoms with Gasteiger partial charge in [-0.2, -0.15) is 0 Å². The second-order valence-corrected chi connectivity index (χ2v) is 7.66. The van der Waals surface area contributed by atoms with Gasteiger partial charge in [0.05, 0.1) is 0 Å². The molecule has 2 rings (SSSR count). The maximum atomic E-state index is 12.7. The molecular formula is C14H21Cl2N3O4S. The standard InChI is InChI=1S/C14H20ClN3O4S.ClH/c1-9-7-17-5-4-11(9)18-23(20,21)13-6-10(15)2-3-12(13)22-8-14(16)19;/h2-3,6,9,11,17-18H,4-5,7-8H2,1H3,(H2,16,19);1H. The number of halogens is 2. The number of sulfonamides is 1. The second-order valence-electron chi connectivity index (χ2n) is 5.54. The van der Waals surface area contributed by atoms with Gasteiger partial charge in [0.15, 0.2) is 6.61 Å². The van der Waals surface area contributed by atoms with Crippen LogP contribution in [0.3, 0.4) is 0 Å². The molecule has 0 aliphatic carbocycles. The molecule has 10 heteroatoms. The lowest BCUT2D eigenvalue weighted by Gasteiger charge is -2.30. The molecule has 0 radical (unpaired) electrons. The quantitative estimate of drug-likeness (QED) is 0.660. The summed E-state index contributed by atoms with van der Waals surface area (Å²) in [6.07, 6.45) is 0.693. The van der Waals surface area contributed by atoms with Crippen LogP contribution in [0.25, 0.3) is 0 Å². The van der Waals surface area contributed by atoms with Crippen LogP contribution in [0.15, 0.2) is 23.1 Å². The molecule has 1 saturated heterocycles. The van der Waals surface area contributed by atoms with Crippen molar-refractivity contribution < 1.29 is 17.9 Å². The number of hydrogen-bond donors (Lipinski definition) is 3. The highest BCUT2D eigenvalue weighted by Crippen LogP contribution is 2.28. The van der Waals surface area contributed by atoms with Crippen molar-refractivity contribution >= 4 is 39.9 Å². The van der Waals surface area contributed by atoms with Gasteiger partial charge < -0.3 is 15.8 Å². The average molecular weight is 398 g/mol. The zero-order chi connectivity index (χ0) is 17.0. The van der Waals surface area contributed by atoms with Crippen molar-refractivity contribution in [2.24, 2.45) is 11.7 Å². The molecule has 1 amide bonds. The van der Waals surface area contributed by atoms with E-state index in [1.165, 1.54) is 18.2 Å². The summed E-state index contributed by atoms with van der Waals surface area (Å²) in [7, 11) is -3.83. The zero-order valence-electron chi connectivity index (χ0n) is 13.1. The first-order valence-corrected chi connectivity index (χ1v) is 9.09. The van der Waals surface area contributed by atoms with Gasteiger partial charge in [-0.3, -0.25) is 4.79 Å². The van der Waals surface area contributed by atoms with Gasteiger partial charge in [-0.1, -0.05) is 18.5 Å². The van der Waals surface area contributed by atoms with Gasteiger partial charge in [-0.05, 0) is 43.6 Å². The number of amides is 1. The third-order valence-electron chi connectivity index (χ3n) is 3.66. The molecule has 1 aliphatic rings. The fourth-order valence-corrected chi connectivity index (χ4v) is 4.20. The minimum absolute atomic E-state index is 0. The number of rotatable bonds is 6. The monoisotopic (exact) mass is 397 g/mol. The molecule has 0 saturated carbocycles. The first kappa shape index (κ1) is 21.0. The van der Waals surface area contributed by atoms with Gasteiger partial charge in [-0.15, -0.1) is 12.4 Å². The Labute approximate surface area is 152 Å². The van der Waals surface area contributed by atoms with Gasteiger partial charge in [0.2, 0.25) is 10.0 Å². The number of carbonyl (C=O) groups excluding carboxylic acids is 1. The van der Waals surface area contributed by atoms with Crippen molar-refractivity contribution in [1.82, 2.24) is 10.0 Å². The van der Waals surface area contributed by atoms with Crippen LogP contribution in [0.5, 0.6) is 5.75 Å². The van der Waals surface area contributed by atoms with E-state index in [2.05, 4.69) is 10.0 Å². The highest BCUT2D eigenvalue weighted by molar-refractivity contribution is 7.89. The van der Waals surface area contributed by atoms with Crippen LogP contribution < -0.4 is 20.5 Å². The van der Waals surface area contributed by atoms with Gasteiger partial charge in [-0.25, -0.2) is 13.1 Å². The van der Waals surface area contributed by atoms with Crippen LogP contribution in [0.4, 0.5) is 0 Å². The molecule has 2 unspecified atom stereocenters. The topological polar surface area (TPSA) is 111 Å². The summed E-state index contributed by atoms with van der Waals surface area (Å²) in [4.78, 5) is 10.8. The van der Waals surface area contributed by atoms with Gasteiger partial charge in [0, 0.05) is 11.1 Å². The van der Waals surface area contributed by atoms with Gasteiger partial charge in [0.25, 0.3) is 5.91 Å². The van der Waals surface area contributed by atoms with Crippen molar-refractivity contribution in [1.29, 1.82) is 0 Å². The largest absolute Gasteiger partial charge is 0.482 e. The van der Waals surface area contributed by atoms with Crippen LogP contribution in [-0.4, -0.2) is 40.1 Å². The van der Waals surface area contributed by atoms with Crippen LogP contribution in [-0.2, 0) is 14.8 Å². The van der Waals surface area contributed by atoms with Crippen LogP contribution in [0.2, 0.25) is 5.02 Å². The van der Waals surface area contributed by atoms with Crippen molar-refractivity contribution in [2.75, 3.05) is 19.7 Å². The van der Waals surface area contributed by atoms with E-state index in [9.17, 15) is 13.2 Å². The van der Waals surface area contributed by atoms with E-state index in [1.54, 1.807) is 0 Å². The molecule has 136 valence electrons. The van der Waals surface area contributed by atoms with E-state index in [4.69, 9.17) is 22.1 Å². The molecule has 1 fully saturated rings. The lowest BCUT2D eigenvalue weighted by atomic mass is 9.97. The molecule has 0 aromatic heterocycles. The number of nitrogens with two attached hydrogens (primary N) is 1. The van der Waals surface area contributed by atoms with Crippen molar-refractivity contribution in [3.8, 4) is 5.75 Å². The van der Waals surface area contributed by atoms with Gasteiger partial charge in [0.1, 0.15) is 10.6 Å². The Balaban J connectivity index is 0.00000288. The first-order chi connectivity index (χ1) is 10.8. The summed E-state index contributed by atoms with van der Waals surface area (Å²) < 4.78 is 33.2. The Morgan fingerprint density at radius 2 is 2.21 bits per heavy atom. The number of primary amides is 1. The Morgan fingerprint density at radius 3 is 2.83 bits per heavy atom. The molecule has 1 aromatic rings. The predicted octanol–water partition coefficient (Wildman–Crippen LogP) is 0.902. The summed E-state index contributed by atoms with van der Waals surface area (Å²) in [6, 6.07) is 4.02. The maximum absolute atomic E-state index is 12.7. The van der Waals surface area contributed by atoms with Crippen molar-refractivity contribution in [3.05, 3.63) is 23.2 Å². The third-order valence-corrected chi connectivity index (χ3v) is 5.40. The number of piperidine rings is 1. The number of nitrogens with one attached hydrogen (secondary N) is 2. The smallest absolute Gasteiger partial charge is 0.255 e. The molecule has 4 N–H and O–H groups in total. The SMILES string of the molecule is CC1CNCCC1NS(=O)(=O)c1cc(Cl)ccc1OCC(N)=O.Cl. The zero-order valence-corrected chi connectivity index (χ0v) is 15.5. The number of benzene rings is 1. The normalized spacial score (nSPS) is 20.9. The van der Waals surface area contributed by atoms with E-state index in [0.29, 0.717) is 6.42 Å². The highest BCUT2D eigenvalue weighted by Gasteiger charge is 2.28. The summed E-state index contributed by atoms with van der Waals surface area (Å²) >= 11 is 5.91. The predicted molar refractivity (Wildman–Crippen MR) is 94.1 cm³/mol. The van der Waals surface area contributed by atoms with Gasteiger partial charge >= 0.3 is 0 Å². The van der Waals surface area contributed by atoms with Crippen molar-refractivity contribution in [3.63, 3.8) is 0 Å². The number of carbonyl (C=O) groups is 1. The summed E-state index contributed by atoms with van der Waals surface area (Å²) in [5, 5.41) is 3.47. The minimum Gasteiger partial charge on any atom is -0.482 e. The molecule has 1 aromatic carbocycles.